The fraction of sp³-hybridized carbons (Fsp3) is 0.692. The first kappa shape index (κ1) is 15.4. The van der Waals surface area contributed by atoms with Crippen LogP contribution in [0.2, 0.25) is 0 Å². The molecule has 2 aromatic rings. The molecule has 1 unspecified atom stereocenters. The summed E-state index contributed by atoms with van der Waals surface area (Å²) < 4.78 is 9.83. The Labute approximate surface area is 133 Å². The Balaban J connectivity index is 1.72. The van der Waals surface area contributed by atoms with Gasteiger partial charge >= 0.3 is 0 Å². The minimum atomic E-state index is 0.265. The molecule has 22 heavy (non-hydrogen) atoms. The Morgan fingerprint density at radius 2 is 2.27 bits per heavy atom. The number of hydrogen-bond acceptors (Lipinski definition) is 7. The zero-order chi connectivity index (χ0) is 15.4. The largest absolute Gasteiger partial charge is 0.376 e. The van der Waals surface area contributed by atoms with Crippen LogP contribution in [0, 0.1) is 0 Å². The Morgan fingerprint density at radius 1 is 1.36 bits per heavy atom. The molecule has 8 nitrogen and oxygen atoms in total. The van der Waals surface area contributed by atoms with Gasteiger partial charge in [0.1, 0.15) is 18.0 Å². The van der Waals surface area contributed by atoms with E-state index < -0.39 is 0 Å². The van der Waals surface area contributed by atoms with Gasteiger partial charge in [0.25, 0.3) is 0 Å². The molecule has 3 rings (SSSR count). The molecular weight excluding hydrogens is 302 g/mol. The molecule has 3 heterocycles. The van der Waals surface area contributed by atoms with Crippen LogP contribution in [-0.4, -0.2) is 49.3 Å². The van der Waals surface area contributed by atoms with Crippen LogP contribution < -0.4 is 5.32 Å². The Kier molecular flexibility index (Phi) is 5.06. The summed E-state index contributed by atoms with van der Waals surface area (Å²) in [5.74, 6) is 2.59. The van der Waals surface area contributed by atoms with Gasteiger partial charge in [0, 0.05) is 13.7 Å². The molecule has 1 saturated heterocycles. The molecule has 0 spiro atoms. The van der Waals surface area contributed by atoms with Gasteiger partial charge < -0.3 is 19.2 Å². The number of aryl methyl sites for hydroxylation is 1. The Bertz CT molecular complexity index is 605. The molecule has 0 aliphatic carbocycles. The zero-order valence-electron chi connectivity index (χ0n) is 12.9. The molecular formula is C13H21N7OS. The quantitative estimate of drug-likeness (QED) is 0.747. The van der Waals surface area contributed by atoms with Crippen LogP contribution >= 0.6 is 11.8 Å². The van der Waals surface area contributed by atoms with Crippen LogP contribution in [0.1, 0.15) is 24.5 Å². The van der Waals surface area contributed by atoms with Gasteiger partial charge in [0.05, 0.1) is 24.9 Å². The van der Waals surface area contributed by atoms with E-state index in [9.17, 15) is 0 Å². The number of aromatic nitrogens is 6. The van der Waals surface area contributed by atoms with Crippen LogP contribution in [0.4, 0.5) is 0 Å². The lowest BCUT2D eigenvalue weighted by Crippen LogP contribution is -2.20. The van der Waals surface area contributed by atoms with Crippen LogP contribution in [0.15, 0.2) is 11.5 Å². The average molecular weight is 323 g/mol. The van der Waals surface area contributed by atoms with Crippen molar-refractivity contribution in [1.82, 2.24) is 34.8 Å². The molecule has 2 aromatic heterocycles. The van der Waals surface area contributed by atoms with Gasteiger partial charge in [-0.1, -0.05) is 11.8 Å². The van der Waals surface area contributed by atoms with Crippen LogP contribution in [-0.2, 0) is 30.6 Å². The maximum absolute atomic E-state index is 5.75. The Morgan fingerprint density at radius 3 is 2.95 bits per heavy atom. The van der Waals surface area contributed by atoms with Gasteiger partial charge in [-0.05, 0) is 19.9 Å². The first-order valence-electron chi connectivity index (χ1n) is 7.42. The highest BCUT2D eigenvalue weighted by Crippen LogP contribution is 2.23. The van der Waals surface area contributed by atoms with Gasteiger partial charge in [-0.3, -0.25) is 0 Å². The van der Waals surface area contributed by atoms with Crippen molar-refractivity contribution in [3.8, 4) is 0 Å². The first-order valence-corrected chi connectivity index (χ1v) is 8.40. The maximum Gasteiger partial charge on any atom is 0.191 e. The van der Waals surface area contributed by atoms with Gasteiger partial charge in [0.2, 0.25) is 0 Å². The number of thioether (sulfide) groups is 1. The molecule has 9 heteroatoms. The molecule has 0 radical (unpaired) electrons. The average Bonchev–Trinajstić information content (AvgIpc) is 3.22. The minimum absolute atomic E-state index is 0.265. The SMILES string of the molecule is CNCc1nnc(SCc2nncn2C)n1CC1CCCO1. The van der Waals surface area contributed by atoms with E-state index >= 15 is 0 Å². The first-order chi connectivity index (χ1) is 10.8. The van der Waals surface area contributed by atoms with Gasteiger partial charge in [-0.25, -0.2) is 0 Å². The molecule has 1 fully saturated rings. The third kappa shape index (κ3) is 3.47. The van der Waals surface area contributed by atoms with E-state index in [-0.39, 0.29) is 6.10 Å². The third-order valence-corrected chi connectivity index (χ3v) is 4.64. The molecule has 0 bridgehead atoms. The lowest BCUT2D eigenvalue weighted by atomic mass is 10.2. The van der Waals surface area contributed by atoms with E-state index in [4.69, 9.17) is 4.74 Å². The lowest BCUT2D eigenvalue weighted by molar-refractivity contribution is 0.0941. The summed E-state index contributed by atoms with van der Waals surface area (Å²) in [4.78, 5) is 0. The molecule has 0 amide bonds. The van der Waals surface area contributed by atoms with Crippen molar-refractivity contribution in [2.24, 2.45) is 7.05 Å². The minimum Gasteiger partial charge on any atom is -0.376 e. The predicted molar refractivity (Wildman–Crippen MR) is 82.3 cm³/mol. The van der Waals surface area contributed by atoms with Crippen molar-refractivity contribution in [1.29, 1.82) is 0 Å². The summed E-state index contributed by atoms with van der Waals surface area (Å²) in [5, 5.41) is 20.7. The van der Waals surface area contributed by atoms with Crippen LogP contribution in [0.25, 0.3) is 0 Å². The predicted octanol–water partition coefficient (Wildman–Crippen LogP) is 0.597. The third-order valence-electron chi connectivity index (χ3n) is 3.67. The van der Waals surface area contributed by atoms with Crippen molar-refractivity contribution < 1.29 is 4.74 Å². The van der Waals surface area contributed by atoms with E-state index in [1.807, 2.05) is 18.7 Å². The van der Waals surface area contributed by atoms with Gasteiger partial charge in [-0.2, -0.15) is 0 Å². The number of rotatable bonds is 7. The highest BCUT2D eigenvalue weighted by atomic mass is 32.2. The second-order valence-corrected chi connectivity index (χ2v) is 6.26. The maximum atomic E-state index is 5.75. The molecule has 0 aromatic carbocycles. The van der Waals surface area contributed by atoms with E-state index in [2.05, 4.69) is 30.3 Å². The molecule has 120 valence electrons. The molecule has 0 saturated carbocycles. The van der Waals surface area contributed by atoms with E-state index in [1.165, 1.54) is 0 Å². The van der Waals surface area contributed by atoms with E-state index in [1.54, 1.807) is 18.1 Å². The molecule has 1 N–H and O–H groups in total. The summed E-state index contributed by atoms with van der Waals surface area (Å²) in [6, 6.07) is 0. The zero-order valence-corrected chi connectivity index (χ0v) is 13.7. The van der Waals surface area contributed by atoms with Crippen LogP contribution in [0.3, 0.4) is 0 Å². The smallest absolute Gasteiger partial charge is 0.191 e. The second kappa shape index (κ2) is 7.21. The Hall–Kier alpha value is -1.45. The fourth-order valence-electron chi connectivity index (χ4n) is 2.46. The molecule has 1 atom stereocenters. The van der Waals surface area contributed by atoms with Crippen LogP contribution in [0.5, 0.6) is 0 Å². The van der Waals surface area contributed by atoms with Gasteiger partial charge in [0.15, 0.2) is 5.16 Å². The van der Waals surface area contributed by atoms with Crippen molar-refractivity contribution in [2.45, 2.75) is 42.9 Å². The molecule has 1 aliphatic heterocycles. The number of nitrogens with zero attached hydrogens (tertiary/aromatic N) is 6. The summed E-state index contributed by atoms with van der Waals surface area (Å²) in [6.07, 6.45) is 4.21. The lowest BCUT2D eigenvalue weighted by Gasteiger charge is -2.14. The highest BCUT2D eigenvalue weighted by Gasteiger charge is 2.21. The molecule has 1 aliphatic rings. The van der Waals surface area contributed by atoms with Gasteiger partial charge in [-0.15, -0.1) is 20.4 Å². The van der Waals surface area contributed by atoms with E-state index in [0.717, 1.165) is 48.6 Å². The summed E-state index contributed by atoms with van der Waals surface area (Å²) in [5.41, 5.74) is 0. The fourth-order valence-corrected chi connectivity index (χ4v) is 3.41. The standard InChI is InChI=1S/C13H21N7OS/c1-14-6-11-17-18-13(20(11)7-10-4-3-5-21-10)22-8-12-16-15-9-19(12)2/h9-10,14H,3-8H2,1-2H3. The van der Waals surface area contributed by atoms with Crippen molar-refractivity contribution in [3.05, 3.63) is 18.0 Å². The van der Waals surface area contributed by atoms with Crippen molar-refractivity contribution in [3.63, 3.8) is 0 Å². The number of nitrogens with one attached hydrogen (secondary N) is 1. The monoisotopic (exact) mass is 323 g/mol. The summed E-state index contributed by atoms with van der Waals surface area (Å²) >= 11 is 1.63. The summed E-state index contributed by atoms with van der Waals surface area (Å²) in [6.45, 7) is 2.37. The van der Waals surface area contributed by atoms with Crippen molar-refractivity contribution in [2.75, 3.05) is 13.7 Å². The topological polar surface area (TPSA) is 82.7 Å². The number of hydrogen-bond donors (Lipinski definition) is 1. The summed E-state index contributed by atoms with van der Waals surface area (Å²) in [7, 11) is 3.86. The number of ether oxygens (including phenoxy) is 1. The second-order valence-electron chi connectivity index (χ2n) is 5.32. The van der Waals surface area contributed by atoms with E-state index in [0.29, 0.717) is 6.54 Å². The van der Waals surface area contributed by atoms with Crippen molar-refractivity contribution >= 4 is 11.8 Å². The normalized spacial score (nSPS) is 18.2. The highest BCUT2D eigenvalue weighted by molar-refractivity contribution is 7.98.